The summed E-state index contributed by atoms with van der Waals surface area (Å²) in [4.78, 5) is 24.5. The van der Waals surface area contributed by atoms with Crippen LogP contribution < -0.4 is 4.74 Å². The predicted molar refractivity (Wildman–Crippen MR) is 105 cm³/mol. The third-order valence-electron chi connectivity index (χ3n) is 4.62. The summed E-state index contributed by atoms with van der Waals surface area (Å²) in [5.74, 6) is 0.432. The highest BCUT2D eigenvalue weighted by atomic mass is 16.6. The van der Waals surface area contributed by atoms with Crippen molar-refractivity contribution in [1.82, 2.24) is 4.90 Å². The molecule has 2 aromatic rings. The first-order valence-electron chi connectivity index (χ1n) is 8.83. The van der Waals surface area contributed by atoms with Crippen LogP contribution in [0.5, 0.6) is 5.75 Å². The Labute approximate surface area is 159 Å². The van der Waals surface area contributed by atoms with Gasteiger partial charge in [0, 0.05) is 19.2 Å². The van der Waals surface area contributed by atoms with Gasteiger partial charge in [0.2, 0.25) is 0 Å². The molecule has 6 nitrogen and oxygen atoms in total. The molecule has 1 amide bonds. The molecule has 27 heavy (non-hydrogen) atoms. The molecular weight excluding hydrogens is 344 g/mol. The number of likely N-dealkylation sites (N-methyl/N-ethyl adjacent to an activating group) is 1. The highest BCUT2D eigenvalue weighted by Crippen LogP contribution is 2.25. The van der Waals surface area contributed by atoms with Crippen molar-refractivity contribution in [2.75, 3.05) is 13.7 Å². The standard InChI is InChI=1S/C21H26N2O4/c1-15(16-7-6-8-18(13-16)23(25)26)22(5)20(24)14-27-19-11-9-17(10-12-19)21(2,3)4/h6-13,15H,14H2,1-5H3/t15-/m0/s1. The van der Waals surface area contributed by atoms with Crippen LogP contribution in [0.25, 0.3) is 0 Å². The highest BCUT2D eigenvalue weighted by molar-refractivity contribution is 5.78. The zero-order valence-corrected chi connectivity index (χ0v) is 16.4. The molecule has 0 radical (unpaired) electrons. The van der Waals surface area contributed by atoms with Crippen LogP contribution >= 0.6 is 0 Å². The number of nitro benzene ring substituents is 1. The Balaban J connectivity index is 1.99. The number of hydrogen-bond donors (Lipinski definition) is 0. The second kappa shape index (κ2) is 8.20. The summed E-state index contributed by atoms with van der Waals surface area (Å²) in [6.45, 7) is 8.14. The van der Waals surface area contributed by atoms with Gasteiger partial charge in [0.15, 0.2) is 6.61 Å². The van der Waals surface area contributed by atoms with Crippen molar-refractivity contribution in [3.05, 3.63) is 69.8 Å². The number of ether oxygens (including phenoxy) is 1. The molecule has 1 atom stereocenters. The van der Waals surface area contributed by atoms with Crippen LogP contribution in [0.4, 0.5) is 5.69 Å². The molecule has 2 aromatic carbocycles. The van der Waals surface area contributed by atoms with Crippen molar-refractivity contribution in [2.24, 2.45) is 0 Å². The lowest BCUT2D eigenvalue weighted by Crippen LogP contribution is -2.33. The summed E-state index contributed by atoms with van der Waals surface area (Å²) in [5, 5.41) is 10.9. The Bertz CT molecular complexity index is 810. The van der Waals surface area contributed by atoms with E-state index in [1.165, 1.54) is 22.6 Å². The topological polar surface area (TPSA) is 72.7 Å². The fraction of sp³-hybridized carbons (Fsp3) is 0.381. The van der Waals surface area contributed by atoms with Gasteiger partial charge in [-0.05, 0) is 35.6 Å². The van der Waals surface area contributed by atoms with E-state index in [-0.39, 0.29) is 29.7 Å². The average Bonchev–Trinajstić information content (AvgIpc) is 2.64. The van der Waals surface area contributed by atoms with Crippen LogP contribution in [0.15, 0.2) is 48.5 Å². The van der Waals surface area contributed by atoms with Gasteiger partial charge in [-0.1, -0.05) is 45.0 Å². The molecule has 0 unspecified atom stereocenters. The normalized spacial score (nSPS) is 12.3. The predicted octanol–water partition coefficient (Wildman–Crippen LogP) is 4.49. The van der Waals surface area contributed by atoms with Crippen molar-refractivity contribution in [1.29, 1.82) is 0 Å². The molecule has 0 aromatic heterocycles. The van der Waals surface area contributed by atoms with Crippen molar-refractivity contribution in [3.63, 3.8) is 0 Å². The lowest BCUT2D eigenvalue weighted by molar-refractivity contribution is -0.384. The quantitative estimate of drug-likeness (QED) is 0.555. The van der Waals surface area contributed by atoms with E-state index in [1.54, 1.807) is 19.2 Å². The van der Waals surface area contributed by atoms with Crippen LogP contribution in [-0.2, 0) is 10.2 Å². The maximum atomic E-state index is 12.4. The Kier molecular flexibility index (Phi) is 6.20. The zero-order valence-electron chi connectivity index (χ0n) is 16.4. The van der Waals surface area contributed by atoms with Gasteiger partial charge >= 0.3 is 0 Å². The first kappa shape index (κ1) is 20.4. The minimum Gasteiger partial charge on any atom is -0.484 e. The summed E-state index contributed by atoms with van der Waals surface area (Å²) in [5.41, 5.74) is 1.96. The molecule has 6 heteroatoms. The van der Waals surface area contributed by atoms with Crippen LogP contribution in [0.2, 0.25) is 0 Å². The molecule has 0 aliphatic rings. The Morgan fingerprint density at radius 3 is 2.37 bits per heavy atom. The number of benzene rings is 2. The molecule has 2 rings (SSSR count). The van der Waals surface area contributed by atoms with E-state index in [4.69, 9.17) is 4.74 Å². The summed E-state index contributed by atoms with van der Waals surface area (Å²) in [6, 6.07) is 13.7. The van der Waals surface area contributed by atoms with Gasteiger partial charge in [-0.15, -0.1) is 0 Å². The van der Waals surface area contributed by atoms with Crippen LogP contribution in [0, 0.1) is 10.1 Å². The van der Waals surface area contributed by atoms with E-state index >= 15 is 0 Å². The number of carbonyl (C=O) groups is 1. The molecule has 0 aliphatic carbocycles. The average molecular weight is 370 g/mol. The second-order valence-corrected chi connectivity index (χ2v) is 7.60. The highest BCUT2D eigenvalue weighted by Gasteiger charge is 2.20. The zero-order chi connectivity index (χ0) is 20.2. The van der Waals surface area contributed by atoms with Gasteiger partial charge in [-0.25, -0.2) is 0 Å². The summed E-state index contributed by atoms with van der Waals surface area (Å²) >= 11 is 0. The van der Waals surface area contributed by atoms with Crippen molar-refractivity contribution in [3.8, 4) is 5.75 Å². The van der Waals surface area contributed by atoms with E-state index < -0.39 is 4.92 Å². The smallest absolute Gasteiger partial charge is 0.269 e. The van der Waals surface area contributed by atoms with Gasteiger partial charge in [0.25, 0.3) is 11.6 Å². The SMILES string of the molecule is C[C@@H](c1cccc([N+](=O)[O-])c1)N(C)C(=O)COc1ccc(C(C)(C)C)cc1. The molecule has 0 bridgehead atoms. The minimum atomic E-state index is -0.442. The maximum Gasteiger partial charge on any atom is 0.269 e. The molecule has 0 heterocycles. The summed E-state index contributed by atoms with van der Waals surface area (Å²) in [6.07, 6.45) is 0. The second-order valence-electron chi connectivity index (χ2n) is 7.60. The maximum absolute atomic E-state index is 12.4. The third kappa shape index (κ3) is 5.29. The number of non-ortho nitro benzene ring substituents is 1. The Morgan fingerprint density at radius 1 is 1.19 bits per heavy atom. The third-order valence-corrected chi connectivity index (χ3v) is 4.62. The molecule has 0 fully saturated rings. The number of nitro groups is 1. The fourth-order valence-electron chi connectivity index (χ4n) is 2.64. The van der Waals surface area contributed by atoms with E-state index in [9.17, 15) is 14.9 Å². The summed E-state index contributed by atoms with van der Waals surface area (Å²) < 4.78 is 5.61. The van der Waals surface area contributed by atoms with E-state index in [1.807, 2.05) is 31.2 Å². The van der Waals surface area contributed by atoms with Gasteiger partial charge in [-0.2, -0.15) is 0 Å². The van der Waals surface area contributed by atoms with Crippen LogP contribution in [0.3, 0.4) is 0 Å². The molecule has 0 saturated heterocycles. The van der Waals surface area contributed by atoms with Gasteiger partial charge < -0.3 is 9.64 Å². The van der Waals surface area contributed by atoms with Crippen molar-refractivity contribution in [2.45, 2.75) is 39.2 Å². The molecule has 0 spiro atoms. The van der Waals surface area contributed by atoms with Gasteiger partial charge in [0.1, 0.15) is 5.75 Å². The fourth-order valence-corrected chi connectivity index (χ4v) is 2.64. The number of amides is 1. The molecule has 144 valence electrons. The molecular formula is C21H26N2O4. The first-order valence-corrected chi connectivity index (χ1v) is 8.83. The summed E-state index contributed by atoms with van der Waals surface area (Å²) in [7, 11) is 1.66. The first-order chi connectivity index (χ1) is 12.6. The number of rotatable bonds is 6. The van der Waals surface area contributed by atoms with Crippen molar-refractivity contribution >= 4 is 11.6 Å². The van der Waals surface area contributed by atoms with Gasteiger partial charge in [0.05, 0.1) is 11.0 Å². The van der Waals surface area contributed by atoms with Crippen LogP contribution in [-0.4, -0.2) is 29.4 Å². The van der Waals surface area contributed by atoms with Crippen molar-refractivity contribution < 1.29 is 14.5 Å². The van der Waals surface area contributed by atoms with Crippen LogP contribution in [0.1, 0.15) is 44.9 Å². The molecule has 0 aliphatic heterocycles. The Morgan fingerprint density at radius 2 is 1.81 bits per heavy atom. The largest absolute Gasteiger partial charge is 0.484 e. The molecule has 0 N–H and O–H groups in total. The lowest BCUT2D eigenvalue weighted by atomic mass is 9.87. The monoisotopic (exact) mass is 370 g/mol. The van der Waals surface area contributed by atoms with E-state index in [0.717, 1.165) is 0 Å². The van der Waals surface area contributed by atoms with E-state index in [2.05, 4.69) is 20.8 Å². The number of nitrogens with zero attached hydrogens (tertiary/aromatic N) is 2. The number of hydrogen-bond acceptors (Lipinski definition) is 4. The van der Waals surface area contributed by atoms with Gasteiger partial charge in [-0.3, -0.25) is 14.9 Å². The number of carbonyl (C=O) groups excluding carboxylic acids is 1. The minimum absolute atomic E-state index is 0.00962. The molecule has 0 saturated carbocycles. The Hall–Kier alpha value is -2.89. The lowest BCUT2D eigenvalue weighted by Gasteiger charge is -2.25. The van der Waals surface area contributed by atoms with E-state index in [0.29, 0.717) is 11.3 Å².